The van der Waals surface area contributed by atoms with E-state index < -0.39 is 0 Å². The number of hydrogen-bond donors (Lipinski definition) is 0. The van der Waals surface area contributed by atoms with Crippen LogP contribution in [0.3, 0.4) is 0 Å². The van der Waals surface area contributed by atoms with Crippen LogP contribution in [0.25, 0.3) is 121 Å². The molecule has 0 fully saturated rings. The predicted octanol–water partition coefficient (Wildman–Crippen LogP) is 15.4. The maximum absolute atomic E-state index is 11.7. The SMILES string of the molecule is N#Cc1cc(C#N)cc(-c2cc(-n3c4ccccc4c4ccc5c6ccccc6n(-c6ccccc6)c5c43)c(C#N)cc2-n2c3ccccc3c3ccc4c5ccccc5n(-c5ccccc5)c4c32)c1. The lowest BCUT2D eigenvalue weighted by atomic mass is 9.96. The van der Waals surface area contributed by atoms with Crippen LogP contribution >= 0.6 is 0 Å². The van der Waals surface area contributed by atoms with Gasteiger partial charge in [0, 0.05) is 60.0 Å². The molecule has 0 aliphatic heterocycles. The van der Waals surface area contributed by atoms with Gasteiger partial charge in [-0.2, -0.15) is 15.8 Å². The van der Waals surface area contributed by atoms with Crippen molar-refractivity contribution in [1.82, 2.24) is 18.3 Å². The molecule has 0 saturated heterocycles. The fourth-order valence-corrected chi connectivity index (χ4v) is 11.4. The van der Waals surface area contributed by atoms with E-state index in [2.05, 4.69) is 206 Å². The minimum atomic E-state index is 0.366. The third kappa shape index (κ3) is 5.42. The number of benzene rings is 10. The molecular weight excluding hydrogens is 855 g/mol. The smallest absolute Gasteiger partial charge is 0.101 e. The van der Waals surface area contributed by atoms with Gasteiger partial charge in [0.25, 0.3) is 0 Å². The Kier molecular flexibility index (Phi) is 8.34. The maximum Gasteiger partial charge on any atom is 0.101 e. The van der Waals surface area contributed by atoms with E-state index in [-0.39, 0.29) is 0 Å². The monoisotopic (exact) mass is 889 g/mol. The Labute approximate surface area is 400 Å². The van der Waals surface area contributed by atoms with Crippen LogP contribution in [0.1, 0.15) is 16.7 Å². The number of fused-ring (bicyclic) bond motifs is 14. The second kappa shape index (κ2) is 14.9. The van der Waals surface area contributed by atoms with Crippen LogP contribution in [0.5, 0.6) is 0 Å². The van der Waals surface area contributed by atoms with E-state index in [0.29, 0.717) is 27.9 Å². The molecule has 0 spiro atoms. The molecule has 0 aliphatic rings. The molecule has 14 aromatic rings. The van der Waals surface area contributed by atoms with Gasteiger partial charge >= 0.3 is 0 Å². The molecule has 7 heteroatoms. The van der Waals surface area contributed by atoms with Gasteiger partial charge in [-0.15, -0.1) is 0 Å². The average Bonchev–Trinajstić information content (AvgIpc) is 4.16. The molecule has 4 heterocycles. The first-order chi connectivity index (χ1) is 34.6. The first-order valence-corrected chi connectivity index (χ1v) is 23.2. The summed E-state index contributed by atoms with van der Waals surface area (Å²) < 4.78 is 9.25. The van der Waals surface area contributed by atoms with Crippen molar-refractivity contribution < 1.29 is 0 Å². The lowest BCUT2D eigenvalue weighted by molar-refractivity contribution is 1.12. The van der Waals surface area contributed by atoms with Crippen molar-refractivity contribution in [3.63, 3.8) is 0 Å². The Morgan fingerprint density at radius 1 is 0.286 bits per heavy atom. The molecule has 322 valence electrons. The molecule has 4 aromatic heterocycles. The highest BCUT2D eigenvalue weighted by Gasteiger charge is 2.27. The fraction of sp³-hybridized carbons (Fsp3) is 0. The van der Waals surface area contributed by atoms with Crippen LogP contribution in [0.15, 0.2) is 212 Å². The van der Waals surface area contributed by atoms with E-state index in [0.717, 1.165) is 110 Å². The van der Waals surface area contributed by atoms with Crippen LogP contribution in [0, 0.1) is 34.0 Å². The number of nitriles is 3. The summed E-state index contributed by atoms with van der Waals surface area (Å²) in [6, 6.07) is 80.5. The summed E-state index contributed by atoms with van der Waals surface area (Å²) in [5.41, 5.74) is 14.1. The summed E-state index contributed by atoms with van der Waals surface area (Å²) in [6.45, 7) is 0. The van der Waals surface area contributed by atoms with Crippen LogP contribution in [0.2, 0.25) is 0 Å². The lowest BCUT2D eigenvalue weighted by Gasteiger charge is -2.20. The summed E-state index contributed by atoms with van der Waals surface area (Å²) in [5.74, 6) is 0. The summed E-state index contributed by atoms with van der Waals surface area (Å²) in [4.78, 5) is 0. The van der Waals surface area contributed by atoms with Crippen molar-refractivity contribution in [2.45, 2.75) is 0 Å². The Morgan fingerprint density at radius 2 is 0.643 bits per heavy atom. The molecule has 14 rings (SSSR count). The molecule has 0 bridgehead atoms. The molecule has 0 radical (unpaired) electrons. The van der Waals surface area contributed by atoms with Crippen molar-refractivity contribution in [2.75, 3.05) is 0 Å². The minimum absolute atomic E-state index is 0.366. The standard InChI is InChI=1S/C63H35N7/c64-36-39-31-40(37-65)33-41(32-39)53-35-58(69-56-25-13-9-21-47(56)51-29-27-49-45-19-7-11-23-54(45)67(60(49)62(51)69)43-15-3-1-4-16-43)42(38-66)34-59(53)70-57-26-14-10-22-48(57)52-30-28-50-46-20-8-12-24-55(46)68(61(50)63(52)70)44-17-5-2-6-18-44/h1-35H. The zero-order valence-corrected chi connectivity index (χ0v) is 37.3. The number of nitrogens with zero attached hydrogens (tertiary/aromatic N) is 7. The largest absolute Gasteiger partial charge is 0.307 e. The predicted molar refractivity (Wildman–Crippen MR) is 283 cm³/mol. The van der Waals surface area contributed by atoms with Crippen LogP contribution in [-0.4, -0.2) is 18.3 Å². The Bertz CT molecular complexity index is 4640. The van der Waals surface area contributed by atoms with E-state index in [1.807, 2.05) is 36.4 Å². The molecule has 0 atom stereocenters. The zero-order valence-electron chi connectivity index (χ0n) is 37.3. The van der Waals surface area contributed by atoms with Crippen molar-refractivity contribution >= 4 is 87.2 Å². The van der Waals surface area contributed by atoms with Crippen molar-refractivity contribution in [3.8, 4) is 52.1 Å². The Morgan fingerprint density at radius 3 is 1.04 bits per heavy atom. The van der Waals surface area contributed by atoms with E-state index in [4.69, 9.17) is 0 Å². The van der Waals surface area contributed by atoms with E-state index in [1.165, 1.54) is 0 Å². The Balaban J connectivity index is 1.19. The quantitative estimate of drug-likeness (QED) is 0.172. The minimum Gasteiger partial charge on any atom is -0.307 e. The third-order valence-electron chi connectivity index (χ3n) is 14.2. The van der Waals surface area contributed by atoms with Gasteiger partial charge in [-0.3, -0.25) is 0 Å². The third-order valence-corrected chi connectivity index (χ3v) is 14.2. The maximum atomic E-state index is 11.7. The van der Waals surface area contributed by atoms with Crippen molar-refractivity contribution in [1.29, 1.82) is 15.8 Å². The van der Waals surface area contributed by atoms with E-state index in [9.17, 15) is 15.8 Å². The van der Waals surface area contributed by atoms with Gasteiger partial charge in [-0.25, -0.2) is 0 Å². The van der Waals surface area contributed by atoms with Gasteiger partial charge in [0.15, 0.2) is 0 Å². The number of rotatable bonds is 5. The molecule has 10 aromatic carbocycles. The first-order valence-electron chi connectivity index (χ1n) is 23.2. The first kappa shape index (κ1) is 39.1. The number of hydrogen-bond acceptors (Lipinski definition) is 3. The molecule has 0 amide bonds. The van der Waals surface area contributed by atoms with Gasteiger partial charge in [-0.05, 0) is 84.4 Å². The highest BCUT2D eigenvalue weighted by molar-refractivity contribution is 6.25. The number of para-hydroxylation sites is 6. The zero-order chi connectivity index (χ0) is 46.6. The topological polar surface area (TPSA) is 91.1 Å². The molecule has 0 N–H and O–H groups in total. The van der Waals surface area contributed by atoms with Crippen LogP contribution in [-0.2, 0) is 0 Å². The molecule has 0 aliphatic carbocycles. The van der Waals surface area contributed by atoms with Gasteiger partial charge in [0.2, 0.25) is 0 Å². The van der Waals surface area contributed by atoms with Crippen LogP contribution < -0.4 is 0 Å². The van der Waals surface area contributed by atoms with E-state index >= 15 is 0 Å². The number of aromatic nitrogens is 4. The van der Waals surface area contributed by atoms with E-state index in [1.54, 1.807) is 6.07 Å². The van der Waals surface area contributed by atoms with Gasteiger partial charge in [-0.1, -0.05) is 133 Å². The summed E-state index contributed by atoms with van der Waals surface area (Å²) >= 11 is 0. The summed E-state index contributed by atoms with van der Waals surface area (Å²) in [5, 5.41) is 41.3. The molecular formula is C63H35N7. The highest BCUT2D eigenvalue weighted by Crippen LogP contribution is 2.47. The van der Waals surface area contributed by atoms with Gasteiger partial charge in [0.05, 0.1) is 84.3 Å². The van der Waals surface area contributed by atoms with Crippen LogP contribution in [0.4, 0.5) is 0 Å². The Hall–Kier alpha value is -10.1. The van der Waals surface area contributed by atoms with Gasteiger partial charge < -0.3 is 18.3 Å². The molecule has 7 nitrogen and oxygen atoms in total. The molecule has 70 heavy (non-hydrogen) atoms. The summed E-state index contributed by atoms with van der Waals surface area (Å²) in [6.07, 6.45) is 0. The second-order valence-corrected chi connectivity index (χ2v) is 17.8. The van der Waals surface area contributed by atoms with Gasteiger partial charge in [0.1, 0.15) is 6.07 Å². The average molecular weight is 890 g/mol. The van der Waals surface area contributed by atoms with Crippen molar-refractivity contribution in [3.05, 3.63) is 229 Å². The second-order valence-electron chi connectivity index (χ2n) is 17.8. The molecule has 0 saturated carbocycles. The lowest BCUT2D eigenvalue weighted by Crippen LogP contribution is -2.05. The summed E-state index contributed by atoms with van der Waals surface area (Å²) in [7, 11) is 0. The highest BCUT2D eigenvalue weighted by atomic mass is 15.1. The molecule has 0 unspecified atom stereocenters. The normalized spacial score (nSPS) is 11.7. The fourth-order valence-electron chi connectivity index (χ4n) is 11.4. The van der Waals surface area contributed by atoms with Crippen molar-refractivity contribution in [2.24, 2.45) is 0 Å².